The number of amides is 2. The zero-order valence-corrected chi connectivity index (χ0v) is 17.8. The molecule has 0 aliphatic carbocycles. The average molecular weight is 412 g/mol. The number of carbonyl (C=O) groups excluding carboxylic acids is 2. The van der Waals surface area contributed by atoms with Gasteiger partial charge in [-0.2, -0.15) is 0 Å². The van der Waals surface area contributed by atoms with Crippen LogP contribution < -0.4 is 4.90 Å². The molecule has 3 fully saturated rings. The fourth-order valence-corrected chi connectivity index (χ4v) is 5.36. The second kappa shape index (κ2) is 6.77. The van der Waals surface area contributed by atoms with Crippen LogP contribution in [0.1, 0.15) is 20.8 Å². The van der Waals surface area contributed by atoms with E-state index in [0.717, 1.165) is 0 Å². The van der Waals surface area contributed by atoms with Crippen molar-refractivity contribution in [1.29, 1.82) is 0 Å². The van der Waals surface area contributed by atoms with Crippen molar-refractivity contribution in [3.63, 3.8) is 0 Å². The van der Waals surface area contributed by atoms with Crippen LogP contribution in [0.5, 0.6) is 0 Å². The van der Waals surface area contributed by atoms with Gasteiger partial charge in [-0.25, -0.2) is 9.97 Å². The van der Waals surface area contributed by atoms with Gasteiger partial charge in [0.1, 0.15) is 5.60 Å². The van der Waals surface area contributed by atoms with Crippen LogP contribution in [-0.4, -0.2) is 82.6 Å². The summed E-state index contributed by atoms with van der Waals surface area (Å²) in [5.41, 5.74) is -0.630. The van der Waals surface area contributed by atoms with Crippen LogP contribution in [0.15, 0.2) is 30.6 Å². The molecule has 2 amide bonds. The van der Waals surface area contributed by atoms with Crippen LogP contribution in [0.4, 0.5) is 5.95 Å². The molecule has 0 unspecified atom stereocenters. The summed E-state index contributed by atoms with van der Waals surface area (Å²) in [6, 6.07) is 1.79. The molecule has 0 saturated carbocycles. The van der Waals surface area contributed by atoms with E-state index < -0.39 is 17.4 Å². The SMILES string of the molecule is CC(C)(C)CN1C[C@]23C=C[C@H](O2)[C@@H](C(=O)N2CCN(c4ncccn4)CC2)[C@@H]3C1=O. The van der Waals surface area contributed by atoms with Crippen molar-refractivity contribution < 1.29 is 14.3 Å². The fourth-order valence-electron chi connectivity index (χ4n) is 5.36. The molecule has 5 heterocycles. The van der Waals surface area contributed by atoms with Crippen LogP contribution in [0.3, 0.4) is 0 Å². The maximum Gasteiger partial charge on any atom is 0.230 e. The minimum Gasteiger partial charge on any atom is -0.360 e. The summed E-state index contributed by atoms with van der Waals surface area (Å²) in [6.45, 7) is 10.2. The van der Waals surface area contributed by atoms with Crippen LogP contribution in [0, 0.1) is 17.3 Å². The first kappa shape index (κ1) is 19.5. The van der Waals surface area contributed by atoms with Crippen molar-refractivity contribution in [1.82, 2.24) is 19.8 Å². The first-order valence-corrected chi connectivity index (χ1v) is 10.7. The highest BCUT2D eigenvalue weighted by Gasteiger charge is 2.67. The summed E-state index contributed by atoms with van der Waals surface area (Å²) in [4.78, 5) is 41.3. The molecule has 0 radical (unpaired) electrons. The van der Waals surface area contributed by atoms with Gasteiger partial charge in [-0.1, -0.05) is 32.9 Å². The number of fused-ring (bicyclic) bond motifs is 1. The molecule has 1 spiro atoms. The van der Waals surface area contributed by atoms with E-state index in [1.54, 1.807) is 18.5 Å². The molecule has 5 rings (SSSR count). The molecular formula is C22H29N5O3. The number of ether oxygens (including phenoxy) is 1. The van der Waals surface area contributed by atoms with E-state index in [2.05, 4.69) is 35.6 Å². The molecule has 3 saturated heterocycles. The molecule has 160 valence electrons. The van der Waals surface area contributed by atoms with E-state index in [-0.39, 0.29) is 23.3 Å². The number of piperazine rings is 1. The Balaban J connectivity index is 1.30. The third-order valence-electron chi connectivity index (χ3n) is 6.56. The van der Waals surface area contributed by atoms with Crippen molar-refractivity contribution in [3.8, 4) is 0 Å². The van der Waals surface area contributed by atoms with E-state index >= 15 is 0 Å². The number of hydrogen-bond donors (Lipinski definition) is 0. The van der Waals surface area contributed by atoms with Crippen molar-refractivity contribution in [2.24, 2.45) is 17.3 Å². The van der Waals surface area contributed by atoms with Gasteiger partial charge in [-0.15, -0.1) is 0 Å². The number of aromatic nitrogens is 2. The third-order valence-corrected chi connectivity index (χ3v) is 6.56. The van der Waals surface area contributed by atoms with Gasteiger partial charge in [0.05, 0.1) is 24.5 Å². The molecule has 4 aliphatic heterocycles. The van der Waals surface area contributed by atoms with E-state index in [0.29, 0.717) is 45.2 Å². The van der Waals surface area contributed by atoms with Crippen molar-refractivity contribution in [2.45, 2.75) is 32.5 Å². The fraction of sp³-hybridized carbons (Fsp3) is 0.636. The number of carbonyl (C=O) groups is 2. The summed E-state index contributed by atoms with van der Waals surface area (Å²) in [5, 5.41) is 0. The highest BCUT2D eigenvalue weighted by molar-refractivity contribution is 5.93. The molecule has 8 nitrogen and oxygen atoms in total. The molecule has 1 aromatic rings. The minimum absolute atomic E-state index is 0.00198. The first-order valence-electron chi connectivity index (χ1n) is 10.7. The van der Waals surface area contributed by atoms with Gasteiger partial charge in [0.15, 0.2) is 0 Å². The lowest BCUT2D eigenvalue weighted by molar-refractivity contribution is -0.143. The van der Waals surface area contributed by atoms with Gasteiger partial charge in [-0.3, -0.25) is 9.59 Å². The number of nitrogens with zero attached hydrogens (tertiary/aromatic N) is 5. The van der Waals surface area contributed by atoms with Crippen LogP contribution in [0.2, 0.25) is 0 Å². The average Bonchev–Trinajstić information content (AvgIpc) is 3.35. The highest BCUT2D eigenvalue weighted by atomic mass is 16.5. The Labute approximate surface area is 176 Å². The predicted octanol–water partition coefficient (Wildman–Crippen LogP) is 0.953. The van der Waals surface area contributed by atoms with Crippen molar-refractivity contribution in [3.05, 3.63) is 30.6 Å². The van der Waals surface area contributed by atoms with Gasteiger partial charge in [-0.05, 0) is 11.5 Å². The Morgan fingerprint density at radius 2 is 1.90 bits per heavy atom. The van der Waals surface area contributed by atoms with Crippen molar-refractivity contribution >= 4 is 17.8 Å². The lowest BCUT2D eigenvalue weighted by atomic mass is 9.76. The Morgan fingerprint density at radius 3 is 2.57 bits per heavy atom. The summed E-state index contributed by atoms with van der Waals surface area (Å²) in [7, 11) is 0. The first-order chi connectivity index (χ1) is 14.3. The van der Waals surface area contributed by atoms with Crippen LogP contribution in [0.25, 0.3) is 0 Å². The van der Waals surface area contributed by atoms with E-state index in [9.17, 15) is 9.59 Å². The Kier molecular flexibility index (Phi) is 4.39. The minimum atomic E-state index is -0.632. The monoisotopic (exact) mass is 411 g/mol. The Hall–Kier alpha value is -2.48. The highest BCUT2D eigenvalue weighted by Crippen LogP contribution is 2.52. The van der Waals surface area contributed by atoms with Gasteiger partial charge in [0.2, 0.25) is 17.8 Å². The normalized spacial score (nSPS) is 32.8. The molecule has 30 heavy (non-hydrogen) atoms. The molecule has 4 aliphatic rings. The summed E-state index contributed by atoms with van der Waals surface area (Å²) >= 11 is 0. The summed E-state index contributed by atoms with van der Waals surface area (Å²) < 4.78 is 6.26. The topological polar surface area (TPSA) is 78.9 Å². The van der Waals surface area contributed by atoms with Gasteiger partial charge in [0, 0.05) is 45.1 Å². The predicted molar refractivity (Wildman–Crippen MR) is 111 cm³/mol. The smallest absolute Gasteiger partial charge is 0.230 e. The zero-order chi connectivity index (χ0) is 21.1. The molecule has 2 bridgehead atoms. The molecule has 0 N–H and O–H groups in total. The number of hydrogen-bond acceptors (Lipinski definition) is 6. The molecular weight excluding hydrogens is 382 g/mol. The van der Waals surface area contributed by atoms with E-state index in [1.807, 2.05) is 22.0 Å². The molecule has 4 atom stereocenters. The van der Waals surface area contributed by atoms with Gasteiger partial charge in [0.25, 0.3) is 0 Å². The maximum absolute atomic E-state index is 13.5. The second-order valence-corrected chi connectivity index (χ2v) is 10.0. The van der Waals surface area contributed by atoms with Crippen LogP contribution >= 0.6 is 0 Å². The maximum atomic E-state index is 13.5. The number of rotatable bonds is 3. The molecule has 0 aromatic carbocycles. The second-order valence-electron chi connectivity index (χ2n) is 10.0. The van der Waals surface area contributed by atoms with Gasteiger partial charge >= 0.3 is 0 Å². The van der Waals surface area contributed by atoms with E-state index in [4.69, 9.17) is 4.74 Å². The number of likely N-dealkylation sites (tertiary alicyclic amines) is 1. The van der Waals surface area contributed by atoms with Crippen LogP contribution in [-0.2, 0) is 14.3 Å². The summed E-state index contributed by atoms with van der Waals surface area (Å²) in [5.74, 6) is -0.0365. The third kappa shape index (κ3) is 3.09. The lowest BCUT2D eigenvalue weighted by Gasteiger charge is -2.37. The zero-order valence-electron chi connectivity index (χ0n) is 17.8. The standard InChI is InChI=1S/C22H29N5O3/c1-21(2,3)13-27-14-22-6-5-15(30-22)16(17(22)19(27)29)18(28)25-9-11-26(12-10-25)20-23-7-4-8-24-20/h4-8,15-17H,9-14H2,1-3H3/t15-,16+,17+,22-/m0/s1. The Morgan fingerprint density at radius 1 is 1.20 bits per heavy atom. The molecule has 1 aromatic heterocycles. The van der Waals surface area contributed by atoms with Gasteiger partial charge < -0.3 is 19.4 Å². The Bertz CT molecular complexity index is 875. The summed E-state index contributed by atoms with van der Waals surface area (Å²) in [6.07, 6.45) is 7.18. The quantitative estimate of drug-likeness (QED) is 0.690. The largest absolute Gasteiger partial charge is 0.360 e. The molecule has 8 heteroatoms. The number of anilines is 1. The lowest BCUT2D eigenvalue weighted by Crippen LogP contribution is -2.53. The van der Waals surface area contributed by atoms with E-state index in [1.165, 1.54) is 0 Å². The van der Waals surface area contributed by atoms with Crippen molar-refractivity contribution in [2.75, 3.05) is 44.2 Å².